The van der Waals surface area contributed by atoms with Crippen LogP contribution in [0.4, 0.5) is 13.2 Å². The zero-order valence-corrected chi connectivity index (χ0v) is 12.2. The lowest BCUT2D eigenvalue weighted by atomic mass is 10.2. The minimum Gasteiger partial charge on any atom is -0.346 e. The van der Waals surface area contributed by atoms with E-state index in [1.807, 2.05) is 0 Å². The molecule has 2 aliphatic heterocycles. The van der Waals surface area contributed by atoms with E-state index in [2.05, 4.69) is 0 Å². The van der Waals surface area contributed by atoms with Crippen molar-refractivity contribution in [1.29, 1.82) is 0 Å². The van der Waals surface area contributed by atoms with Gasteiger partial charge in [-0.2, -0.15) is 30.2 Å². The van der Waals surface area contributed by atoms with Gasteiger partial charge in [0.1, 0.15) is 12.6 Å². The van der Waals surface area contributed by atoms with Crippen LogP contribution < -0.4 is 5.32 Å². The Morgan fingerprint density at radius 1 is 1.14 bits per heavy atom. The first-order chi connectivity index (χ1) is 9.72. The van der Waals surface area contributed by atoms with Crippen LogP contribution >= 0.6 is 0 Å². The van der Waals surface area contributed by atoms with E-state index < -0.39 is 34.9 Å². The van der Waals surface area contributed by atoms with E-state index in [0.29, 0.717) is 19.5 Å². The van der Waals surface area contributed by atoms with Gasteiger partial charge in [0, 0.05) is 19.6 Å². The van der Waals surface area contributed by atoms with Crippen LogP contribution in [0.3, 0.4) is 0 Å². The van der Waals surface area contributed by atoms with Crippen molar-refractivity contribution in [2.75, 3.05) is 26.2 Å². The highest BCUT2D eigenvalue weighted by atomic mass is 32.2. The Balaban J connectivity index is 2.04. The van der Waals surface area contributed by atoms with Crippen molar-refractivity contribution < 1.29 is 26.4 Å². The van der Waals surface area contributed by atoms with Crippen LogP contribution in [0.25, 0.3) is 0 Å². The molecule has 0 unspecified atom stereocenters. The number of carbonyl (C=O) groups is 1. The molecule has 2 rings (SSSR count). The summed E-state index contributed by atoms with van der Waals surface area (Å²) in [4.78, 5) is 11.8. The first-order valence-electron chi connectivity index (χ1n) is 6.83. The van der Waals surface area contributed by atoms with Crippen molar-refractivity contribution in [2.45, 2.75) is 37.9 Å². The standard InChI is InChI=1S/C11H18F3N3O3S/c12-11(13,14)8-15-10(18)9-4-3-7-17(9)21(19,20)16-5-1-2-6-16/h9H,1-8H2,(H,15,18)/t9-/m0/s1. The van der Waals surface area contributed by atoms with Gasteiger partial charge in [-0.05, 0) is 25.7 Å². The van der Waals surface area contributed by atoms with Gasteiger partial charge in [0.2, 0.25) is 5.91 Å². The quantitative estimate of drug-likeness (QED) is 0.815. The minimum absolute atomic E-state index is 0.170. The fraction of sp³-hybridized carbons (Fsp3) is 0.909. The van der Waals surface area contributed by atoms with Crippen LogP contribution in [0, 0.1) is 0 Å². The van der Waals surface area contributed by atoms with Crippen molar-refractivity contribution in [1.82, 2.24) is 13.9 Å². The molecule has 0 spiro atoms. The molecule has 0 saturated carbocycles. The third-order valence-electron chi connectivity index (χ3n) is 3.66. The minimum atomic E-state index is -4.51. The summed E-state index contributed by atoms with van der Waals surface area (Å²) in [5.41, 5.74) is 0. The van der Waals surface area contributed by atoms with E-state index in [-0.39, 0.29) is 13.0 Å². The van der Waals surface area contributed by atoms with Gasteiger partial charge in [-0.1, -0.05) is 0 Å². The summed E-state index contributed by atoms with van der Waals surface area (Å²) >= 11 is 0. The van der Waals surface area contributed by atoms with Crippen LogP contribution in [0.5, 0.6) is 0 Å². The normalized spacial score (nSPS) is 25.4. The molecular weight excluding hydrogens is 311 g/mol. The Morgan fingerprint density at radius 3 is 2.33 bits per heavy atom. The second-order valence-electron chi connectivity index (χ2n) is 5.22. The smallest absolute Gasteiger partial charge is 0.346 e. The summed E-state index contributed by atoms with van der Waals surface area (Å²) < 4.78 is 63.5. The third kappa shape index (κ3) is 3.86. The van der Waals surface area contributed by atoms with Crippen molar-refractivity contribution in [3.63, 3.8) is 0 Å². The van der Waals surface area contributed by atoms with E-state index in [1.54, 1.807) is 5.32 Å². The number of carbonyl (C=O) groups excluding carboxylic acids is 1. The lowest BCUT2D eigenvalue weighted by Crippen LogP contribution is -2.51. The van der Waals surface area contributed by atoms with Gasteiger partial charge in [-0.3, -0.25) is 4.79 Å². The molecule has 2 aliphatic rings. The summed E-state index contributed by atoms with van der Waals surface area (Å²) in [7, 11) is -3.76. The number of rotatable bonds is 4. The second-order valence-corrected chi connectivity index (χ2v) is 7.10. The average molecular weight is 329 g/mol. The molecule has 6 nitrogen and oxygen atoms in total. The summed E-state index contributed by atoms with van der Waals surface area (Å²) in [6.45, 7) is -0.478. The molecular formula is C11H18F3N3O3S. The number of hydrogen-bond donors (Lipinski definition) is 1. The Kier molecular flexibility index (Phi) is 4.79. The Morgan fingerprint density at radius 2 is 1.76 bits per heavy atom. The van der Waals surface area contributed by atoms with E-state index in [4.69, 9.17) is 0 Å². The fourth-order valence-electron chi connectivity index (χ4n) is 2.65. The molecule has 21 heavy (non-hydrogen) atoms. The van der Waals surface area contributed by atoms with Crippen molar-refractivity contribution in [2.24, 2.45) is 0 Å². The molecule has 2 saturated heterocycles. The van der Waals surface area contributed by atoms with Gasteiger partial charge in [0.15, 0.2) is 0 Å². The number of nitrogens with one attached hydrogen (secondary N) is 1. The molecule has 0 aromatic carbocycles. The van der Waals surface area contributed by atoms with Crippen LogP contribution in [-0.4, -0.2) is 61.3 Å². The molecule has 0 bridgehead atoms. The molecule has 1 N–H and O–H groups in total. The number of hydrogen-bond acceptors (Lipinski definition) is 3. The van der Waals surface area contributed by atoms with Crippen molar-refractivity contribution in [3.8, 4) is 0 Å². The number of alkyl halides is 3. The molecule has 2 fully saturated rings. The molecule has 1 atom stereocenters. The zero-order chi connectivity index (χ0) is 15.7. The summed E-state index contributed by atoms with van der Waals surface area (Å²) in [5, 5.41) is 1.77. The summed E-state index contributed by atoms with van der Waals surface area (Å²) in [5.74, 6) is -0.882. The maximum atomic E-state index is 12.4. The molecule has 122 valence electrons. The van der Waals surface area contributed by atoms with E-state index in [1.165, 1.54) is 4.31 Å². The average Bonchev–Trinajstić information content (AvgIpc) is 3.05. The molecule has 0 aromatic rings. The molecule has 1 amide bonds. The monoisotopic (exact) mass is 329 g/mol. The van der Waals surface area contributed by atoms with Gasteiger partial charge in [-0.25, -0.2) is 0 Å². The molecule has 0 radical (unpaired) electrons. The van der Waals surface area contributed by atoms with Gasteiger partial charge >= 0.3 is 6.18 Å². The molecule has 0 aromatic heterocycles. The van der Waals surface area contributed by atoms with Gasteiger partial charge in [0.25, 0.3) is 10.2 Å². The van der Waals surface area contributed by atoms with Crippen LogP contribution in [0.15, 0.2) is 0 Å². The highest BCUT2D eigenvalue weighted by molar-refractivity contribution is 7.86. The predicted octanol–water partition coefficient (Wildman–Crippen LogP) is 0.470. The first kappa shape index (κ1) is 16.5. The number of nitrogens with zero attached hydrogens (tertiary/aromatic N) is 2. The van der Waals surface area contributed by atoms with E-state index in [0.717, 1.165) is 17.1 Å². The van der Waals surface area contributed by atoms with E-state index >= 15 is 0 Å². The highest BCUT2D eigenvalue weighted by Crippen LogP contribution is 2.26. The van der Waals surface area contributed by atoms with Crippen LogP contribution in [0.1, 0.15) is 25.7 Å². The predicted molar refractivity (Wildman–Crippen MR) is 68.5 cm³/mol. The Hall–Kier alpha value is -0.870. The van der Waals surface area contributed by atoms with Crippen molar-refractivity contribution >= 4 is 16.1 Å². The molecule has 2 heterocycles. The fourth-order valence-corrected chi connectivity index (χ4v) is 4.55. The lowest BCUT2D eigenvalue weighted by molar-refractivity contribution is -0.140. The van der Waals surface area contributed by atoms with Crippen molar-refractivity contribution in [3.05, 3.63) is 0 Å². The van der Waals surface area contributed by atoms with Crippen LogP contribution in [-0.2, 0) is 15.0 Å². The Bertz CT molecular complexity index is 489. The van der Waals surface area contributed by atoms with Crippen LogP contribution in [0.2, 0.25) is 0 Å². The topological polar surface area (TPSA) is 69.7 Å². The summed E-state index contributed by atoms with van der Waals surface area (Å²) in [6, 6.07) is -1.04. The molecule has 0 aliphatic carbocycles. The SMILES string of the molecule is O=C(NCC(F)(F)F)[C@@H]1CCCN1S(=O)(=O)N1CCCC1. The zero-order valence-electron chi connectivity index (χ0n) is 11.4. The third-order valence-corrected chi connectivity index (χ3v) is 5.70. The first-order valence-corrected chi connectivity index (χ1v) is 8.23. The van der Waals surface area contributed by atoms with Gasteiger partial charge in [0.05, 0.1) is 0 Å². The Labute approximate surface area is 121 Å². The maximum Gasteiger partial charge on any atom is 0.405 e. The number of amides is 1. The largest absolute Gasteiger partial charge is 0.405 e. The number of halogens is 3. The molecule has 10 heteroatoms. The summed E-state index contributed by atoms with van der Waals surface area (Å²) in [6.07, 6.45) is -2.27. The lowest BCUT2D eigenvalue weighted by Gasteiger charge is -2.27. The van der Waals surface area contributed by atoms with Gasteiger partial charge in [-0.15, -0.1) is 0 Å². The highest BCUT2D eigenvalue weighted by Gasteiger charge is 2.42. The van der Waals surface area contributed by atoms with E-state index in [9.17, 15) is 26.4 Å². The van der Waals surface area contributed by atoms with Gasteiger partial charge < -0.3 is 5.32 Å². The second kappa shape index (κ2) is 6.09. The maximum absolute atomic E-state index is 12.4.